The number of hydrogen-bond acceptors (Lipinski definition) is 3. The number of carboxylic acid groups (broad SMARTS) is 1. The van der Waals surface area contributed by atoms with E-state index in [2.05, 4.69) is 10.2 Å². The molecule has 1 aromatic heterocycles. The minimum absolute atomic E-state index is 0.0945. The van der Waals surface area contributed by atoms with Gasteiger partial charge in [-0.1, -0.05) is 11.8 Å². The average Bonchev–Trinajstić information content (AvgIpc) is 2.58. The Balaban J connectivity index is 2.10. The highest BCUT2D eigenvalue weighted by molar-refractivity contribution is 7.99. The van der Waals surface area contributed by atoms with Crippen LogP contribution in [0.3, 0.4) is 0 Å². The molecule has 0 atom stereocenters. The van der Waals surface area contributed by atoms with Crippen molar-refractivity contribution in [2.75, 3.05) is 5.75 Å². The van der Waals surface area contributed by atoms with Gasteiger partial charge in [0, 0.05) is 11.3 Å². The highest BCUT2D eigenvalue weighted by atomic mass is 32.2. The Morgan fingerprint density at radius 1 is 1.50 bits per heavy atom. The molecule has 1 aromatic rings. The van der Waals surface area contributed by atoms with Gasteiger partial charge in [0.05, 0.1) is 5.75 Å². The van der Waals surface area contributed by atoms with E-state index >= 15 is 0 Å². The number of H-pyrrole nitrogens is 1. The van der Waals surface area contributed by atoms with Crippen molar-refractivity contribution in [1.82, 2.24) is 10.2 Å². The van der Waals surface area contributed by atoms with Crippen LogP contribution in [0.4, 0.5) is 0 Å². The van der Waals surface area contributed by atoms with Crippen LogP contribution in [0.2, 0.25) is 0 Å². The van der Waals surface area contributed by atoms with Crippen LogP contribution in [0.1, 0.15) is 24.1 Å². The zero-order chi connectivity index (χ0) is 9.97. The minimum atomic E-state index is -0.789. The molecule has 2 N–H and O–H groups in total. The van der Waals surface area contributed by atoms with Gasteiger partial charge >= 0.3 is 5.97 Å². The van der Waals surface area contributed by atoms with Crippen LogP contribution in [-0.2, 0) is 17.6 Å². The molecule has 5 heteroatoms. The Labute approximate surface area is 86.1 Å². The summed E-state index contributed by atoms with van der Waals surface area (Å²) in [5, 5.41) is 16.6. The lowest BCUT2D eigenvalue weighted by atomic mass is 9.99. The Morgan fingerprint density at radius 2 is 2.29 bits per heavy atom. The first-order chi connectivity index (χ1) is 6.77. The molecule has 0 saturated heterocycles. The van der Waals surface area contributed by atoms with Crippen molar-refractivity contribution in [2.45, 2.75) is 30.7 Å². The molecule has 0 amide bonds. The highest BCUT2D eigenvalue weighted by Crippen LogP contribution is 2.28. The lowest BCUT2D eigenvalue weighted by molar-refractivity contribution is -0.133. The van der Waals surface area contributed by atoms with Crippen LogP contribution in [0.15, 0.2) is 5.03 Å². The van der Waals surface area contributed by atoms with Gasteiger partial charge in [-0.3, -0.25) is 9.89 Å². The van der Waals surface area contributed by atoms with Gasteiger partial charge in [0.15, 0.2) is 0 Å². The molecule has 0 fully saturated rings. The van der Waals surface area contributed by atoms with Gasteiger partial charge in [0.2, 0.25) is 0 Å². The number of aromatic nitrogens is 2. The van der Waals surface area contributed by atoms with Crippen molar-refractivity contribution in [2.24, 2.45) is 0 Å². The maximum atomic E-state index is 10.4. The number of nitrogens with one attached hydrogen (secondary N) is 1. The number of aliphatic carboxylic acids is 1. The molecule has 0 aliphatic heterocycles. The minimum Gasteiger partial charge on any atom is -0.481 e. The summed E-state index contributed by atoms with van der Waals surface area (Å²) in [6.07, 6.45) is 4.48. The standard InChI is InChI=1S/C9H12N2O2S/c12-8(13)5-14-9-6-3-1-2-4-7(6)10-11-9/h1-5H2,(H,10,11)(H,12,13). The van der Waals surface area contributed by atoms with E-state index in [1.54, 1.807) is 0 Å². The highest BCUT2D eigenvalue weighted by Gasteiger charge is 2.17. The summed E-state index contributed by atoms with van der Waals surface area (Å²) in [5.74, 6) is -0.695. The fourth-order valence-electron chi connectivity index (χ4n) is 1.70. The molecule has 0 radical (unpaired) electrons. The molecule has 2 rings (SSSR count). The van der Waals surface area contributed by atoms with Gasteiger partial charge < -0.3 is 5.11 Å². The molecular formula is C9H12N2O2S. The third-order valence-corrected chi connectivity index (χ3v) is 3.35. The molecule has 0 saturated carbocycles. The van der Waals surface area contributed by atoms with Crippen molar-refractivity contribution in [3.05, 3.63) is 11.3 Å². The first kappa shape index (κ1) is 9.58. The number of carbonyl (C=O) groups is 1. The second-order valence-corrected chi connectivity index (χ2v) is 4.34. The van der Waals surface area contributed by atoms with E-state index in [-0.39, 0.29) is 5.75 Å². The van der Waals surface area contributed by atoms with E-state index in [0.29, 0.717) is 0 Å². The monoisotopic (exact) mass is 212 g/mol. The molecule has 0 unspecified atom stereocenters. The van der Waals surface area contributed by atoms with Crippen LogP contribution in [0.25, 0.3) is 0 Å². The third-order valence-electron chi connectivity index (χ3n) is 2.35. The molecular weight excluding hydrogens is 200 g/mol. The van der Waals surface area contributed by atoms with Gasteiger partial charge in [0.1, 0.15) is 5.03 Å². The van der Waals surface area contributed by atoms with Crippen LogP contribution in [0, 0.1) is 0 Å². The number of hydrogen-bond donors (Lipinski definition) is 2. The maximum absolute atomic E-state index is 10.4. The topological polar surface area (TPSA) is 66.0 Å². The summed E-state index contributed by atoms with van der Waals surface area (Å²) in [7, 11) is 0. The lowest BCUT2D eigenvalue weighted by Crippen LogP contribution is -2.02. The van der Waals surface area contributed by atoms with Gasteiger partial charge in [-0.2, -0.15) is 5.10 Å². The van der Waals surface area contributed by atoms with Crippen LogP contribution in [-0.4, -0.2) is 27.0 Å². The van der Waals surface area contributed by atoms with Gasteiger partial charge in [-0.15, -0.1) is 0 Å². The number of carboxylic acids is 1. The Bertz CT molecular complexity index is 349. The number of fused-ring (bicyclic) bond motifs is 1. The van der Waals surface area contributed by atoms with Crippen LogP contribution < -0.4 is 0 Å². The Morgan fingerprint density at radius 3 is 3.07 bits per heavy atom. The molecule has 4 nitrogen and oxygen atoms in total. The Hall–Kier alpha value is -0.970. The lowest BCUT2D eigenvalue weighted by Gasteiger charge is -2.10. The summed E-state index contributed by atoms with van der Waals surface area (Å²) in [5.41, 5.74) is 2.44. The van der Waals surface area contributed by atoms with Crippen LogP contribution in [0.5, 0.6) is 0 Å². The summed E-state index contributed by atoms with van der Waals surface area (Å²) in [6.45, 7) is 0. The van der Waals surface area contributed by atoms with Gasteiger partial charge in [-0.25, -0.2) is 0 Å². The SMILES string of the molecule is O=C(O)CSc1n[nH]c2c1CCCC2. The summed E-state index contributed by atoms with van der Waals surface area (Å²) in [6, 6.07) is 0. The van der Waals surface area contributed by atoms with E-state index < -0.39 is 5.97 Å². The fraction of sp³-hybridized carbons (Fsp3) is 0.556. The van der Waals surface area contributed by atoms with Gasteiger partial charge in [0.25, 0.3) is 0 Å². The fourth-order valence-corrected chi connectivity index (χ4v) is 2.47. The van der Waals surface area contributed by atoms with Crippen molar-refractivity contribution >= 4 is 17.7 Å². The number of aryl methyl sites for hydroxylation is 1. The zero-order valence-corrected chi connectivity index (χ0v) is 8.56. The number of nitrogens with zero attached hydrogens (tertiary/aromatic N) is 1. The van der Waals surface area contributed by atoms with E-state index in [9.17, 15) is 4.79 Å². The third kappa shape index (κ3) is 1.92. The summed E-state index contributed by atoms with van der Waals surface area (Å²) in [4.78, 5) is 10.4. The molecule has 0 aromatic carbocycles. The zero-order valence-electron chi connectivity index (χ0n) is 7.75. The van der Waals surface area contributed by atoms with Crippen molar-refractivity contribution < 1.29 is 9.90 Å². The smallest absolute Gasteiger partial charge is 0.313 e. The molecule has 0 spiro atoms. The first-order valence-electron chi connectivity index (χ1n) is 4.68. The largest absolute Gasteiger partial charge is 0.481 e. The molecule has 76 valence electrons. The molecule has 14 heavy (non-hydrogen) atoms. The van der Waals surface area contributed by atoms with E-state index in [4.69, 9.17) is 5.11 Å². The second kappa shape index (κ2) is 4.04. The average molecular weight is 212 g/mol. The van der Waals surface area contributed by atoms with Crippen molar-refractivity contribution in [3.63, 3.8) is 0 Å². The first-order valence-corrected chi connectivity index (χ1v) is 5.66. The van der Waals surface area contributed by atoms with Crippen LogP contribution >= 0.6 is 11.8 Å². The summed E-state index contributed by atoms with van der Waals surface area (Å²) >= 11 is 1.31. The molecule has 1 aliphatic carbocycles. The number of aromatic amines is 1. The van der Waals surface area contributed by atoms with E-state index in [0.717, 1.165) is 17.9 Å². The normalized spacial score (nSPS) is 15.1. The van der Waals surface area contributed by atoms with E-state index in [1.807, 2.05) is 0 Å². The molecule has 1 heterocycles. The van der Waals surface area contributed by atoms with Crippen molar-refractivity contribution in [1.29, 1.82) is 0 Å². The predicted molar refractivity (Wildman–Crippen MR) is 53.6 cm³/mol. The molecule has 1 aliphatic rings. The second-order valence-electron chi connectivity index (χ2n) is 3.38. The maximum Gasteiger partial charge on any atom is 0.313 e. The quantitative estimate of drug-likeness (QED) is 0.744. The summed E-state index contributed by atoms with van der Waals surface area (Å²) < 4.78 is 0. The number of thioether (sulfide) groups is 1. The van der Waals surface area contributed by atoms with E-state index in [1.165, 1.54) is 35.9 Å². The molecule has 0 bridgehead atoms. The van der Waals surface area contributed by atoms with Gasteiger partial charge in [-0.05, 0) is 25.7 Å². The Kier molecular flexibility index (Phi) is 2.77. The predicted octanol–water partition coefficient (Wildman–Crippen LogP) is 1.47. The number of rotatable bonds is 3. The van der Waals surface area contributed by atoms with Crippen molar-refractivity contribution in [3.8, 4) is 0 Å².